The van der Waals surface area contributed by atoms with E-state index in [1.54, 1.807) is 0 Å². The van der Waals surface area contributed by atoms with Gasteiger partial charge in [0.25, 0.3) is 0 Å². The van der Waals surface area contributed by atoms with Crippen LogP contribution in [0.15, 0.2) is 101 Å². The lowest BCUT2D eigenvalue weighted by molar-refractivity contribution is 0.669. The lowest BCUT2D eigenvalue weighted by Gasteiger charge is -2.21. The van der Waals surface area contributed by atoms with Crippen LogP contribution in [-0.4, -0.2) is 54.2 Å². The van der Waals surface area contributed by atoms with Gasteiger partial charge in [-0.25, -0.2) is 15.0 Å². The molecule has 0 fully saturated rings. The summed E-state index contributed by atoms with van der Waals surface area (Å²) in [6.07, 6.45) is 0. The van der Waals surface area contributed by atoms with Crippen LogP contribution in [0.3, 0.4) is 0 Å². The molecule has 2 aromatic heterocycles. The topological polar surface area (TPSA) is 51.8 Å². The normalized spacial score (nSPS) is 11.3. The van der Waals surface area contributed by atoms with Crippen LogP contribution in [0.5, 0.6) is 0 Å². The van der Waals surface area contributed by atoms with Crippen molar-refractivity contribution in [3.05, 3.63) is 97.1 Å². The van der Waals surface area contributed by atoms with E-state index in [0.717, 1.165) is 33.0 Å². The fourth-order valence-electron chi connectivity index (χ4n) is 5.25. The van der Waals surface area contributed by atoms with Crippen molar-refractivity contribution in [3.8, 4) is 45.3 Å². The van der Waals surface area contributed by atoms with E-state index in [9.17, 15) is 0 Å². The first kappa shape index (κ1) is 26.2. The van der Waals surface area contributed by atoms with Gasteiger partial charge in [0.15, 0.2) is 17.5 Å². The fourth-order valence-corrected chi connectivity index (χ4v) is 5.25. The fraction of sp³-hybridized carbons (Fsp3) is 0. The Hall–Kier alpha value is -4.77. The number of benzene rings is 5. The quantitative estimate of drug-likeness (QED) is 0.332. The molecule has 42 heavy (non-hydrogen) atoms. The number of aromatic nitrogens is 3. The minimum Gasteiger partial charge on any atom is -0.456 e. The molecule has 10 radical (unpaired) electrons. The van der Waals surface area contributed by atoms with E-state index in [2.05, 4.69) is 0 Å². The Balaban J connectivity index is 1.43. The Morgan fingerprint density at radius 2 is 0.976 bits per heavy atom. The highest BCUT2D eigenvalue weighted by molar-refractivity contribution is 6.68. The second-order valence-corrected chi connectivity index (χ2v) is 9.97. The third kappa shape index (κ3) is 4.28. The van der Waals surface area contributed by atoms with Crippen molar-refractivity contribution < 1.29 is 4.42 Å². The van der Waals surface area contributed by atoms with E-state index in [-0.39, 0.29) is 27.3 Å². The molecule has 0 aliphatic rings. The van der Waals surface area contributed by atoms with Crippen molar-refractivity contribution in [3.63, 3.8) is 0 Å². The third-order valence-corrected chi connectivity index (χ3v) is 7.42. The first-order chi connectivity index (χ1) is 20.4. The van der Waals surface area contributed by atoms with Crippen molar-refractivity contribution in [1.82, 2.24) is 15.0 Å². The molecule has 5 aromatic carbocycles. The van der Waals surface area contributed by atoms with Crippen LogP contribution >= 0.6 is 0 Å². The van der Waals surface area contributed by atoms with Gasteiger partial charge in [0.05, 0.1) is 0 Å². The summed E-state index contributed by atoms with van der Waals surface area (Å²) >= 11 is 0. The third-order valence-electron chi connectivity index (χ3n) is 7.42. The molecule has 9 heteroatoms. The molecule has 7 rings (SSSR count). The first-order valence-corrected chi connectivity index (χ1v) is 13.2. The zero-order valence-corrected chi connectivity index (χ0v) is 22.4. The highest BCUT2D eigenvalue weighted by atomic mass is 16.3. The summed E-state index contributed by atoms with van der Waals surface area (Å²) in [4.78, 5) is 14.5. The summed E-state index contributed by atoms with van der Waals surface area (Å²) in [5.41, 5.74) is 6.22. The number of nitrogens with zero attached hydrogens (tertiary/aromatic N) is 3. The summed E-state index contributed by atoms with van der Waals surface area (Å²) in [6.45, 7) is 0. The van der Waals surface area contributed by atoms with Crippen LogP contribution in [0.2, 0.25) is 0 Å². The molecular formula is C33H16B5N3O. The molecule has 0 saturated carbocycles. The number of hydrogen-bond donors (Lipinski definition) is 0. The van der Waals surface area contributed by atoms with Crippen LogP contribution in [0.4, 0.5) is 0 Å². The van der Waals surface area contributed by atoms with E-state index in [1.807, 2.05) is 97.1 Å². The SMILES string of the molecule is [B]c1c([B])c([B])c(-c2cccc3oc4cc(-c5nc(-c6ccccc6)nc(-c6ccccc6)n5)ccc4c23)c([B])c1[B]. The van der Waals surface area contributed by atoms with Gasteiger partial charge >= 0.3 is 0 Å². The number of hydrogen-bond acceptors (Lipinski definition) is 4. The van der Waals surface area contributed by atoms with Gasteiger partial charge in [-0.3, -0.25) is 0 Å². The van der Waals surface area contributed by atoms with Crippen LogP contribution in [0.1, 0.15) is 0 Å². The number of furan rings is 1. The van der Waals surface area contributed by atoms with E-state index in [4.69, 9.17) is 58.6 Å². The van der Waals surface area contributed by atoms with Gasteiger partial charge in [-0.1, -0.05) is 89.8 Å². The summed E-state index contributed by atoms with van der Waals surface area (Å²) < 4.78 is 6.33. The molecule has 0 atom stereocenters. The molecule has 184 valence electrons. The van der Waals surface area contributed by atoms with Gasteiger partial charge in [0.2, 0.25) is 0 Å². The van der Waals surface area contributed by atoms with Gasteiger partial charge in [-0.15, -0.1) is 16.4 Å². The van der Waals surface area contributed by atoms with Crippen molar-refractivity contribution in [2.75, 3.05) is 0 Å². The molecule has 0 N–H and O–H groups in total. The average Bonchev–Trinajstić information content (AvgIpc) is 3.42. The van der Waals surface area contributed by atoms with Gasteiger partial charge < -0.3 is 4.42 Å². The maximum absolute atomic E-state index is 6.42. The van der Waals surface area contributed by atoms with Crippen LogP contribution in [0.25, 0.3) is 67.2 Å². The Labute approximate surface area is 249 Å². The second-order valence-electron chi connectivity index (χ2n) is 9.97. The molecule has 0 unspecified atom stereocenters. The zero-order chi connectivity index (χ0) is 29.0. The second kappa shape index (κ2) is 10.3. The molecule has 0 aliphatic carbocycles. The monoisotopic (exact) mass is 525 g/mol. The molecule has 7 aromatic rings. The molecule has 0 amide bonds. The van der Waals surface area contributed by atoms with Gasteiger partial charge in [-0.05, 0) is 29.3 Å². The van der Waals surface area contributed by atoms with Crippen molar-refractivity contribution >= 4 is 88.5 Å². The highest BCUT2D eigenvalue weighted by Gasteiger charge is 2.19. The van der Waals surface area contributed by atoms with Crippen LogP contribution < -0.4 is 27.3 Å². The Kier molecular flexibility index (Phi) is 6.39. The van der Waals surface area contributed by atoms with E-state index >= 15 is 0 Å². The standard InChI is InChI=1S/C33H16B5N3O/c34-26-25(27(35)29(37)30(38)28(26)36)21-12-7-13-22-24(21)20-15-14-19(16-23(20)42-22)33-40-31(17-8-3-1-4-9-17)39-32(41-33)18-10-5-2-6-11-18/h1-16H. The molecule has 0 aliphatic heterocycles. The predicted octanol–water partition coefficient (Wildman–Crippen LogP) is 2.41. The summed E-state index contributed by atoms with van der Waals surface area (Å²) in [6, 6.07) is 31.2. The lowest BCUT2D eigenvalue weighted by Crippen LogP contribution is -2.55. The molecular weight excluding hydrogens is 508 g/mol. The maximum atomic E-state index is 6.42. The first-order valence-electron chi connectivity index (χ1n) is 13.2. The van der Waals surface area contributed by atoms with Crippen molar-refractivity contribution in [1.29, 1.82) is 0 Å². The van der Waals surface area contributed by atoms with Crippen molar-refractivity contribution in [2.45, 2.75) is 0 Å². The van der Waals surface area contributed by atoms with Gasteiger partial charge in [0, 0.05) is 27.5 Å². The zero-order valence-electron chi connectivity index (χ0n) is 22.4. The average molecular weight is 525 g/mol. The minimum absolute atomic E-state index is 0.171. The molecule has 2 heterocycles. The summed E-state index contributed by atoms with van der Waals surface area (Å²) in [5.74, 6) is 1.68. The summed E-state index contributed by atoms with van der Waals surface area (Å²) in [7, 11) is 31.2. The highest BCUT2D eigenvalue weighted by Crippen LogP contribution is 2.37. The Morgan fingerprint density at radius 3 is 1.55 bits per heavy atom. The van der Waals surface area contributed by atoms with E-state index in [1.165, 1.54) is 0 Å². The minimum atomic E-state index is 0.171. The predicted molar refractivity (Wildman–Crippen MR) is 176 cm³/mol. The number of fused-ring (bicyclic) bond motifs is 3. The van der Waals surface area contributed by atoms with Crippen LogP contribution in [0, 0.1) is 0 Å². The number of rotatable bonds is 4. The van der Waals surface area contributed by atoms with E-state index < -0.39 is 0 Å². The van der Waals surface area contributed by atoms with Crippen LogP contribution in [-0.2, 0) is 0 Å². The van der Waals surface area contributed by atoms with Gasteiger partial charge in [-0.2, -0.15) is 0 Å². The molecule has 0 saturated heterocycles. The molecule has 4 nitrogen and oxygen atoms in total. The van der Waals surface area contributed by atoms with Crippen molar-refractivity contribution in [2.24, 2.45) is 0 Å². The maximum Gasteiger partial charge on any atom is 0.164 e. The lowest BCUT2D eigenvalue weighted by atomic mass is 9.59. The molecule has 0 bridgehead atoms. The van der Waals surface area contributed by atoms with Gasteiger partial charge in [0.1, 0.15) is 50.4 Å². The smallest absolute Gasteiger partial charge is 0.164 e. The summed E-state index contributed by atoms with van der Waals surface area (Å²) in [5, 5.41) is 1.68. The Bertz CT molecular complexity index is 2060. The molecule has 0 spiro atoms. The Morgan fingerprint density at radius 1 is 0.452 bits per heavy atom. The van der Waals surface area contributed by atoms with E-state index in [0.29, 0.717) is 34.2 Å². The largest absolute Gasteiger partial charge is 0.456 e.